The Kier molecular flexibility index (Phi) is 2.54. The first-order chi connectivity index (χ1) is 10.6. The number of fused-ring (bicyclic) bond motifs is 2. The minimum Gasteiger partial charge on any atom is -0.311 e. The molecule has 0 bridgehead atoms. The predicted octanol–water partition coefficient (Wildman–Crippen LogP) is -0.282. The van der Waals surface area contributed by atoms with Gasteiger partial charge in [-0.25, -0.2) is 4.99 Å². The lowest BCUT2D eigenvalue weighted by atomic mass is 9.94. The van der Waals surface area contributed by atoms with Crippen LogP contribution in [0.15, 0.2) is 28.7 Å². The Morgan fingerprint density at radius 1 is 1.27 bits per heavy atom. The van der Waals surface area contributed by atoms with Crippen LogP contribution in [0.25, 0.3) is 0 Å². The molecule has 2 heterocycles. The Morgan fingerprint density at radius 3 is 2.59 bits per heavy atom. The van der Waals surface area contributed by atoms with Gasteiger partial charge in [0.2, 0.25) is 0 Å². The van der Waals surface area contributed by atoms with Crippen molar-refractivity contribution in [3.63, 3.8) is 0 Å². The van der Waals surface area contributed by atoms with Crippen LogP contribution in [0.3, 0.4) is 0 Å². The first kappa shape index (κ1) is 13.7. The van der Waals surface area contributed by atoms with E-state index in [0.29, 0.717) is 13.2 Å². The number of ether oxygens (including phenoxy) is 2. The first-order valence-electron chi connectivity index (χ1n) is 6.85. The van der Waals surface area contributed by atoms with Gasteiger partial charge in [0, 0.05) is 10.4 Å². The molecule has 2 aliphatic heterocycles. The monoisotopic (exact) mass is 359 g/mol. The lowest BCUT2D eigenvalue weighted by molar-refractivity contribution is -0.676. The highest BCUT2D eigenvalue weighted by Crippen LogP contribution is 2.79. The molecule has 22 heavy (non-hydrogen) atoms. The summed E-state index contributed by atoms with van der Waals surface area (Å²) in [6.45, 7) is 0.715. The number of hydrogen-bond acceptors (Lipinski definition) is 5. The highest BCUT2D eigenvalue weighted by atomic mass is 79.9. The topological polar surface area (TPSA) is 106 Å². The molecule has 1 aromatic rings. The lowest BCUT2D eigenvalue weighted by Crippen LogP contribution is -2.89. The Bertz CT molecular complexity index is 789. The molecule has 0 radical (unpaired) electrons. The second kappa shape index (κ2) is 4.08. The maximum Gasteiger partial charge on any atom is 0.343 e. The highest BCUT2D eigenvalue weighted by Gasteiger charge is 2.97. The van der Waals surface area contributed by atoms with E-state index in [1.54, 1.807) is 0 Å². The van der Waals surface area contributed by atoms with Crippen LogP contribution in [0, 0.1) is 33.5 Å². The second-order valence-corrected chi connectivity index (χ2v) is 6.60. The van der Waals surface area contributed by atoms with Crippen molar-refractivity contribution in [2.24, 2.45) is 16.6 Å². The average Bonchev–Trinajstić information content (AvgIpc) is 2.77. The fourth-order valence-corrected chi connectivity index (χ4v) is 4.42. The summed E-state index contributed by atoms with van der Waals surface area (Å²) in [4.78, 5) is 2.92. The van der Waals surface area contributed by atoms with E-state index >= 15 is 0 Å². The molecule has 3 atom stereocenters. The van der Waals surface area contributed by atoms with Crippen LogP contribution in [-0.2, 0) is 9.47 Å². The third-order valence-corrected chi connectivity index (χ3v) is 5.37. The van der Waals surface area contributed by atoms with E-state index in [2.05, 4.69) is 33.1 Å². The molecule has 0 amide bonds. The van der Waals surface area contributed by atoms with Gasteiger partial charge in [-0.1, -0.05) is 28.1 Å². The lowest BCUT2D eigenvalue weighted by Gasteiger charge is -2.23. The van der Waals surface area contributed by atoms with Crippen LogP contribution in [0.2, 0.25) is 0 Å². The summed E-state index contributed by atoms with van der Waals surface area (Å²) in [5.74, 6) is -1.50. The van der Waals surface area contributed by atoms with Crippen LogP contribution in [-0.4, -0.2) is 25.0 Å². The standard InChI is InChI=1S/C15H11BrN4O2/c16-10-3-1-2-9(6-10)11-13(7-17)12(19)20-15(14(11,13)8-18)21-4-5-22-15/h1-3,6,11H,4-5H2,(H2,19,20)/p+1/t11-,13-,14-/m1/s1. The molecule has 4 rings (SSSR count). The normalized spacial score (nSPS) is 37.2. The van der Waals surface area contributed by atoms with Gasteiger partial charge in [-0.2, -0.15) is 10.5 Å². The van der Waals surface area contributed by atoms with Crippen molar-refractivity contribution in [1.82, 2.24) is 0 Å². The Morgan fingerprint density at radius 2 is 2.00 bits per heavy atom. The number of rotatable bonds is 1. The number of hydrogen-bond donors (Lipinski definition) is 2. The highest BCUT2D eigenvalue weighted by molar-refractivity contribution is 9.10. The molecular weight excluding hydrogens is 348 g/mol. The van der Waals surface area contributed by atoms with Crippen LogP contribution >= 0.6 is 15.9 Å². The van der Waals surface area contributed by atoms with E-state index in [1.165, 1.54) is 0 Å². The molecule has 110 valence electrons. The molecule has 1 aliphatic carbocycles. The average molecular weight is 360 g/mol. The summed E-state index contributed by atoms with van der Waals surface area (Å²) in [6.07, 6.45) is 0. The zero-order valence-electron chi connectivity index (χ0n) is 11.5. The smallest absolute Gasteiger partial charge is 0.311 e. The minimum absolute atomic E-state index is 0.239. The number of nitrogens with one attached hydrogen (secondary N) is 1. The van der Waals surface area contributed by atoms with Gasteiger partial charge >= 0.3 is 5.91 Å². The molecule has 6 nitrogen and oxygen atoms in total. The van der Waals surface area contributed by atoms with E-state index in [1.807, 2.05) is 24.3 Å². The Labute approximate surface area is 135 Å². The number of nitriles is 2. The SMILES string of the molecule is N#C[C@@]12C(N)=[NH+]C3(OCCO3)[C@]1(C#N)[C@@H]2c1cccc(Br)c1. The summed E-state index contributed by atoms with van der Waals surface area (Å²) >= 11 is 3.43. The van der Waals surface area contributed by atoms with E-state index in [-0.39, 0.29) is 5.84 Å². The summed E-state index contributed by atoms with van der Waals surface area (Å²) in [6, 6.07) is 12.1. The van der Waals surface area contributed by atoms with Gasteiger partial charge in [-0.15, -0.1) is 0 Å². The van der Waals surface area contributed by atoms with Gasteiger partial charge in [-0.3, -0.25) is 5.73 Å². The van der Waals surface area contributed by atoms with Gasteiger partial charge in [0.25, 0.3) is 5.84 Å². The van der Waals surface area contributed by atoms with E-state index in [4.69, 9.17) is 15.2 Å². The maximum atomic E-state index is 9.93. The van der Waals surface area contributed by atoms with E-state index in [0.717, 1.165) is 10.0 Å². The Hall–Kier alpha value is -1.93. The summed E-state index contributed by atoms with van der Waals surface area (Å²) in [5.41, 5.74) is 4.64. The fourth-order valence-electron chi connectivity index (χ4n) is 4.00. The van der Waals surface area contributed by atoms with Gasteiger partial charge < -0.3 is 9.47 Å². The van der Waals surface area contributed by atoms with Crippen LogP contribution < -0.4 is 10.7 Å². The number of nitrogens with two attached hydrogens (primary N) is 1. The minimum atomic E-state index is -1.34. The third kappa shape index (κ3) is 1.21. The second-order valence-electron chi connectivity index (χ2n) is 5.68. The summed E-state index contributed by atoms with van der Waals surface area (Å²) < 4.78 is 12.3. The van der Waals surface area contributed by atoms with Crippen molar-refractivity contribution in [2.45, 2.75) is 11.8 Å². The van der Waals surface area contributed by atoms with E-state index < -0.39 is 22.7 Å². The van der Waals surface area contributed by atoms with Gasteiger partial charge in [0.15, 0.2) is 10.8 Å². The third-order valence-electron chi connectivity index (χ3n) is 4.88. The summed E-state index contributed by atoms with van der Waals surface area (Å²) in [5, 5.41) is 19.7. The molecule has 0 aromatic heterocycles. The van der Waals surface area contributed by atoms with Crippen molar-refractivity contribution in [1.29, 1.82) is 10.5 Å². The van der Waals surface area contributed by atoms with Gasteiger partial charge in [0.1, 0.15) is 0 Å². The molecule has 7 heteroatoms. The molecule has 3 N–H and O–H groups in total. The number of benzene rings is 1. The Balaban J connectivity index is 1.94. The number of amidine groups is 1. The quantitative estimate of drug-likeness (QED) is 0.717. The van der Waals surface area contributed by atoms with Crippen molar-refractivity contribution in [3.05, 3.63) is 34.3 Å². The van der Waals surface area contributed by atoms with Crippen molar-refractivity contribution >= 4 is 21.8 Å². The first-order valence-corrected chi connectivity index (χ1v) is 7.64. The molecule has 2 fully saturated rings. The molecule has 0 unspecified atom stereocenters. The van der Waals surface area contributed by atoms with Crippen molar-refractivity contribution < 1.29 is 14.5 Å². The van der Waals surface area contributed by atoms with Gasteiger partial charge in [-0.05, 0) is 17.7 Å². The molecule has 1 aromatic carbocycles. The maximum absolute atomic E-state index is 9.93. The van der Waals surface area contributed by atoms with Crippen LogP contribution in [0.5, 0.6) is 0 Å². The predicted molar refractivity (Wildman–Crippen MR) is 77.8 cm³/mol. The molecular formula is C15H12BrN4O2+. The summed E-state index contributed by atoms with van der Waals surface area (Å²) in [7, 11) is 0. The molecule has 1 saturated heterocycles. The molecule has 1 saturated carbocycles. The molecule has 1 spiro atoms. The van der Waals surface area contributed by atoms with Crippen molar-refractivity contribution in [2.75, 3.05) is 13.2 Å². The fraction of sp³-hybridized carbons (Fsp3) is 0.400. The number of halogens is 1. The van der Waals surface area contributed by atoms with Crippen LogP contribution in [0.1, 0.15) is 11.5 Å². The largest absolute Gasteiger partial charge is 0.343 e. The zero-order chi connectivity index (χ0) is 15.6. The zero-order valence-corrected chi connectivity index (χ0v) is 13.1. The van der Waals surface area contributed by atoms with Crippen molar-refractivity contribution in [3.8, 4) is 12.1 Å². The number of nitrogens with zero attached hydrogens (tertiary/aromatic N) is 2. The van der Waals surface area contributed by atoms with E-state index in [9.17, 15) is 10.5 Å². The van der Waals surface area contributed by atoms with Gasteiger partial charge in [0.05, 0.1) is 25.4 Å². The van der Waals surface area contributed by atoms with Crippen LogP contribution in [0.4, 0.5) is 0 Å². The molecule has 3 aliphatic rings.